The van der Waals surface area contributed by atoms with E-state index in [-0.39, 0.29) is 6.10 Å². The normalized spacial score (nSPS) is 36.3. The zero-order valence-corrected chi connectivity index (χ0v) is 9.00. The van der Waals surface area contributed by atoms with Gasteiger partial charge in [0.25, 0.3) is 0 Å². The van der Waals surface area contributed by atoms with Crippen molar-refractivity contribution in [2.45, 2.75) is 37.3 Å². The fourth-order valence-corrected chi connectivity index (χ4v) is 2.18. The summed E-state index contributed by atoms with van der Waals surface area (Å²) in [5, 5.41) is 12.5. The highest BCUT2D eigenvalue weighted by Crippen LogP contribution is 2.19. The SMILES string of the molecule is N#CC1(NCC2CCCO2)CCCOC1. The van der Waals surface area contributed by atoms with E-state index in [4.69, 9.17) is 9.47 Å². The molecule has 2 rings (SSSR count). The van der Waals surface area contributed by atoms with Crippen molar-refractivity contribution in [3.05, 3.63) is 0 Å². The quantitative estimate of drug-likeness (QED) is 0.749. The lowest BCUT2D eigenvalue weighted by atomic mass is 9.94. The second kappa shape index (κ2) is 4.93. The predicted octanol–water partition coefficient (Wildman–Crippen LogP) is 0.828. The third kappa shape index (κ3) is 2.69. The first-order chi connectivity index (χ1) is 7.35. The fraction of sp³-hybridized carbons (Fsp3) is 0.909. The summed E-state index contributed by atoms with van der Waals surface area (Å²) in [5.74, 6) is 0. The maximum Gasteiger partial charge on any atom is 0.130 e. The van der Waals surface area contributed by atoms with Gasteiger partial charge in [0.05, 0.1) is 18.8 Å². The number of nitrogens with zero attached hydrogens (tertiary/aromatic N) is 1. The summed E-state index contributed by atoms with van der Waals surface area (Å²) in [6, 6.07) is 2.35. The van der Waals surface area contributed by atoms with E-state index in [9.17, 15) is 5.26 Å². The standard InChI is InChI=1S/C11H18N2O2/c12-8-11(4-2-5-14-9-11)13-7-10-3-1-6-15-10/h10,13H,1-7,9H2. The zero-order chi connectivity index (χ0) is 10.6. The molecule has 0 bridgehead atoms. The summed E-state index contributed by atoms with van der Waals surface area (Å²) in [5.41, 5.74) is -0.468. The van der Waals surface area contributed by atoms with Gasteiger partial charge in [-0.3, -0.25) is 5.32 Å². The molecule has 2 aliphatic rings. The highest BCUT2D eigenvalue weighted by molar-refractivity contribution is 5.08. The molecule has 2 saturated heterocycles. The molecule has 2 aliphatic heterocycles. The van der Waals surface area contributed by atoms with Gasteiger partial charge in [-0.2, -0.15) is 5.26 Å². The Morgan fingerprint density at radius 2 is 2.33 bits per heavy atom. The maximum atomic E-state index is 9.18. The molecule has 0 spiro atoms. The molecule has 2 heterocycles. The van der Waals surface area contributed by atoms with Crippen molar-refractivity contribution in [2.75, 3.05) is 26.4 Å². The van der Waals surface area contributed by atoms with E-state index in [0.29, 0.717) is 6.61 Å². The molecule has 4 nitrogen and oxygen atoms in total. The second-order valence-corrected chi connectivity index (χ2v) is 4.37. The Labute approximate surface area is 90.5 Å². The van der Waals surface area contributed by atoms with Crippen molar-refractivity contribution in [1.82, 2.24) is 5.32 Å². The highest BCUT2D eigenvalue weighted by Gasteiger charge is 2.33. The van der Waals surface area contributed by atoms with E-state index in [1.807, 2.05) is 0 Å². The van der Waals surface area contributed by atoms with Crippen LogP contribution >= 0.6 is 0 Å². The molecule has 84 valence electrons. The molecule has 15 heavy (non-hydrogen) atoms. The summed E-state index contributed by atoms with van der Waals surface area (Å²) in [4.78, 5) is 0. The van der Waals surface area contributed by atoms with Crippen LogP contribution in [0.4, 0.5) is 0 Å². The third-order valence-corrected chi connectivity index (χ3v) is 3.15. The molecule has 0 amide bonds. The number of nitrogens with one attached hydrogen (secondary N) is 1. The number of hydrogen-bond acceptors (Lipinski definition) is 4. The summed E-state index contributed by atoms with van der Waals surface area (Å²) >= 11 is 0. The van der Waals surface area contributed by atoms with E-state index in [1.54, 1.807) is 0 Å². The molecule has 4 heteroatoms. The minimum Gasteiger partial charge on any atom is -0.378 e. The molecular formula is C11H18N2O2. The molecule has 0 aromatic rings. The van der Waals surface area contributed by atoms with Crippen LogP contribution in [0, 0.1) is 11.3 Å². The van der Waals surface area contributed by atoms with Gasteiger partial charge in [0, 0.05) is 19.8 Å². The van der Waals surface area contributed by atoms with Crippen LogP contribution in [0.3, 0.4) is 0 Å². The van der Waals surface area contributed by atoms with E-state index in [1.165, 1.54) is 0 Å². The van der Waals surface area contributed by atoms with Gasteiger partial charge in [0.2, 0.25) is 0 Å². The van der Waals surface area contributed by atoms with Gasteiger partial charge in [-0.05, 0) is 25.7 Å². The number of hydrogen-bond donors (Lipinski definition) is 1. The van der Waals surface area contributed by atoms with Crippen molar-refractivity contribution in [3.8, 4) is 6.07 Å². The second-order valence-electron chi connectivity index (χ2n) is 4.37. The van der Waals surface area contributed by atoms with Gasteiger partial charge in [-0.25, -0.2) is 0 Å². The molecule has 1 N–H and O–H groups in total. The van der Waals surface area contributed by atoms with Crippen molar-refractivity contribution in [2.24, 2.45) is 0 Å². The van der Waals surface area contributed by atoms with Crippen LogP contribution in [0.2, 0.25) is 0 Å². The van der Waals surface area contributed by atoms with Gasteiger partial charge in [-0.1, -0.05) is 0 Å². The Morgan fingerprint density at radius 1 is 1.40 bits per heavy atom. The molecule has 0 aromatic carbocycles. The monoisotopic (exact) mass is 210 g/mol. The lowest BCUT2D eigenvalue weighted by Gasteiger charge is -2.32. The number of nitriles is 1. The summed E-state index contributed by atoms with van der Waals surface area (Å²) in [7, 11) is 0. The lowest BCUT2D eigenvalue weighted by molar-refractivity contribution is 0.0342. The average molecular weight is 210 g/mol. The molecule has 0 aliphatic carbocycles. The smallest absolute Gasteiger partial charge is 0.130 e. The van der Waals surface area contributed by atoms with Gasteiger partial charge in [-0.15, -0.1) is 0 Å². The molecular weight excluding hydrogens is 192 g/mol. The van der Waals surface area contributed by atoms with Crippen LogP contribution in [0.1, 0.15) is 25.7 Å². The van der Waals surface area contributed by atoms with Crippen LogP contribution in [-0.2, 0) is 9.47 Å². The van der Waals surface area contributed by atoms with Gasteiger partial charge in [0.1, 0.15) is 5.54 Å². The van der Waals surface area contributed by atoms with Crippen molar-refractivity contribution in [1.29, 1.82) is 5.26 Å². The first-order valence-electron chi connectivity index (χ1n) is 5.70. The highest BCUT2D eigenvalue weighted by atomic mass is 16.5. The number of rotatable bonds is 3. The van der Waals surface area contributed by atoms with Crippen LogP contribution in [0.5, 0.6) is 0 Å². The molecule has 0 radical (unpaired) electrons. The van der Waals surface area contributed by atoms with Gasteiger partial charge in [0.15, 0.2) is 0 Å². The van der Waals surface area contributed by atoms with Crippen LogP contribution in [0.25, 0.3) is 0 Å². The molecule has 0 saturated carbocycles. The zero-order valence-electron chi connectivity index (χ0n) is 9.00. The van der Waals surface area contributed by atoms with Gasteiger partial charge < -0.3 is 9.47 Å². The average Bonchev–Trinajstić information content (AvgIpc) is 2.81. The maximum absolute atomic E-state index is 9.18. The van der Waals surface area contributed by atoms with E-state index in [2.05, 4.69) is 11.4 Å². The minimum absolute atomic E-state index is 0.289. The first-order valence-corrected chi connectivity index (χ1v) is 5.70. The van der Waals surface area contributed by atoms with Crippen molar-refractivity contribution in [3.63, 3.8) is 0 Å². The van der Waals surface area contributed by atoms with E-state index < -0.39 is 5.54 Å². The Kier molecular flexibility index (Phi) is 3.57. The largest absolute Gasteiger partial charge is 0.378 e. The molecule has 2 fully saturated rings. The first kappa shape index (κ1) is 10.9. The van der Waals surface area contributed by atoms with E-state index >= 15 is 0 Å². The van der Waals surface area contributed by atoms with Gasteiger partial charge >= 0.3 is 0 Å². The predicted molar refractivity (Wildman–Crippen MR) is 55.4 cm³/mol. The summed E-state index contributed by atoms with van der Waals surface area (Å²) in [6.07, 6.45) is 4.39. The number of ether oxygens (including phenoxy) is 2. The summed E-state index contributed by atoms with van der Waals surface area (Å²) in [6.45, 7) is 2.93. The van der Waals surface area contributed by atoms with Crippen molar-refractivity contribution >= 4 is 0 Å². The van der Waals surface area contributed by atoms with E-state index in [0.717, 1.165) is 45.4 Å². The minimum atomic E-state index is -0.468. The fourth-order valence-electron chi connectivity index (χ4n) is 2.18. The molecule has 2 unspecified atom stereocenters. The Bertz CT molecular complexity index is 237. The Balaban J connectivity index is 1.81. The molecule has 2 atom stereocenters. The van der Waals surface area contributed by atoms with Crippen molar-refractivity contribution < 1.29 is 9.47 Å². The van der Waals surface area contributed by atoms with Crippen LogP contribution in [0.15, 0.2) is 0 Å². The summed E-state index contributed by atoms with van der Waals surface area (Å²) < 4.78 is 10.9. The Morgan fingerprint density at radius 3 is 2.93 bits per heavy atom. The third-order valence-electron chi connectivity index (χ3n) is 3.15. The Hall–Kier alpha value is -0.630. The molecule has 0 aromatic heterocycles. The van der Waals surface area contributed by atoms with Crippen LogP contribution < -0.4 is 5.32 Å². The topological polar surface area (TPSA) is 54.3 Å². The lowest BCUT2D eigenvalue weighted by Crippen LogP contribution is -2.52. The van der Waals surface area contributed by atoms with Crippen LogP contribution in [-0.4, -0.2) is 38.0 Å².